The van der Waals surface area contributed by atoms with Gasteiger partial charge in [-0.15, -0.1) is 0 Å². The molecule has 1 unspecified atom stereocenters. The quantitative estimate of drug-likeness (QED) is 0.794. The van der Waals surface area contributed by atoms with Crippen molar-refractivity contribution in [3.05, 3.63) is 35.6 Å². The van der Waals surface area contributed by atoms with E-state index in [0.29, 0.717) is 12.0 Å². The van der Waals surface area contributed by atoms with E-state index < -0.39 is 11.9 Å². The molecule has 4 nitrogen and oxygen atoms in total. The third-order valence-corrected chi connectivity index (χ3v) is 2.81. The Balaban J connectivity index is 2.42. The van der Waals surface area contributed by atoms with Gasteiger partial charge in [0.2, 0.25) is 5.91 Å². The summed E-state index contributed by atoms with van der Waals surface area (Å²) in [5.74, 6) is -2.06. The largest absolute Gasteiger partial charge is 0.481 e. The molecule has 2 N–H and O–H groups in total. The number of carbonyl (C=O) groups is 2. The molecule has 5 heteroatoms. The predicted octanol–water partition coefficient (Wildman–Crippen LogP) is 1.99. The minimum Gasteiger partial charge on any atom is -0.481 e. The van der Waals surface area contributed by atoms with Gasteiger partial charge in [0, 0.05) is 6.54 Å². The molecule has 1 rings (SSSR count). The van der Waals surface area contributed by atoms with Gasteiger partial charge >= 0.3 is 5.97 Å². The summed E-state index contributed by atoms with van der Waals surface area (Å²) in [4.78, 5) is 22.5. The molecule has 0 aliphatic rings. The second kappa shape index (κ2) is 7.51. The van der Waals surface area contributed by atoms with Crippen LogP contribution in [-0.4, -0.2) is 23.5 Å². The molecule has 1 aromatic rings. The van der Waals surface area contributed by atoms with Crippen molar-refractivity contribution in [3.8, 4) is 0 Å². The molecule has 1 atom stereocenters. The molecule has 1 amide bonds. The highest BCUT2D eigenvalue weighted by atomic mass is 19.1. The Morgan fingerprint density at radius 1 is 1.32 bits per heavy atom. The number of hydrogen-bond donors (Lipinski definition) is 2. The van der Waals surface area contributed by atoms with Crippen molar-refractivity contribution in [2.24, 2.45) is 5.92 Å². The van der Waals surface area contributed by atoms with Crippen molar-refractivity contribution in [1.82, 2.24) is 5.32 Å². The number of carboxylic acids is 1. The molecular weight excluding hydrogens is 249 g/mol. The maximum absolute atomic E-state index is 12.7. The maximum Gasteiger partial charge on any atom is 0.308 e. The smallest absolute Gasteiger partial charge is 0.308 e. The highest BCUT2D eigenvalue weighted by molar-refractivity contribution is 5.79. The zero-order chi connectivity index (χ0) is 14.3. The number of nitrogens with one attached hydrogen (secondary N) is 1. The van der Waals surface area contributed by atoms with Crippen LogP contribution >= 0.6 is 0 Å². The van der Waals surface area contributed by atoms with Crippen LogP contribution in [0, 0.1) is 11.7 Å². The molecule has 0 spiro atoms. The van der Waals surface area contributed by atoms with Crippen LogP contribution in [-0.2, 0) is 16.0 Å². The van der Waals surface area contributed by atoms with Crippen LogP contribution in [0.4, 0.5) is 4.39 Å². The molecule has 0 radical (unpaired) electrons. The highest BCUT2D eigenvalue weighted by Crippen LogP contribution is 2.06. The van der Waals surface area contributed by atoms with E-state index in [1.165, 1.54) is 24.3 Å². The average Bonchev–Trinajstić information content (AvgIpc) is 2.37. The molecule has 0 heterocycles. The van der Waals surface area contributed by atoms with Gasteiger partial charge in [-0.2, -0.15) is 0 Å². The number of carbonyl (C=O) groups excluding carboxylic acids is 1. The van der Waals surface area contributed by atoms with Gasteiger partial charge in [0.25, 0.3) is 0 Å². The summed E-state index contributed by atoms with van der Waals surface area (Å²) in [6, 6.07) is 5.66. The summed E-state index contributed by atoms with van der Waals surface area (Å²) in [6.07, 6.45) is 1.41. The van der Waals surface area contributed by atoms with Crippen LogP contribution in [0.15, 0.2) is 24.3 Å². The van der Waals surface area contributed by atoms with Gasteiger partial charge in [0.1, 0.15) is 5.82 Å². The normalized spacial score (nSPS) is 11.9. The van der Waals surface area contributed by atoms with Crippen molar-refractivity contribution < 1.29 is 19.1 Å². The van der Waals surface area contributed by atoms with E-state index in [1.807, 2.05) is 6.92 Å². The zero-order valence-electron chi connectivity index (χ0n) is 10.9. The maximum atomic E-state index is 12.7. The first-order valence-corrected chi connectivity index (χ1v) is 6.27. The summed E-state index contributed by atoms with van der Waals surface area (Å²) in [5.41, 5.74) is 0.696. The zero-order valence-corrected chi connectivity index (χ0v) is 10.9. The van der Waals surface area contributed by atoms with E-state index in [4.69, 9.17) is 5.11 Å². The fourth-order valence-corrected chi connectivity index (χ4v) is 1.75. The third-order valence-electron chi connectivity index (χ3n) is 2.81. The fraction of sp³-hybridized carbons (Fsp3) is 0.429. The molecule has 0 aromatic heterocycles. The standard InChI is InChI=1S/C14H18FNO3/c1-2-3-11(14(18)19)9-16-13(17)8-10-4-6-12(15)7-5-10/h4-7,11H,2-3,8-9H2,1H3,(H,16,17)(H,18,19). The number of benzene rings is 1. The Hall–Kier alpha value is -1.91. The Bertz CT molecular complexity index is 431. The summed E-state index contributed by atoms with van der Waals surface area (Å²) >= 11 is 0. The van der Waals surface area contributed by atoms with Gasteiger partial charge in [-0.3, -0.25) is 9.59 Å². The molecule has 19 heavy (non-hydrogen) atoms. The summed E-state index contributed by atoms with van der Waals surface area (Å²) in [5, 5.41) is 11.5. The van der Waals surface area contributed by atoms with E-state index in [-0.39, 0.29) is 24.7 Å². The van der Waals surface area contributed by atoms with Crippen LogP contribution in [0.2, 0.25) is 0 Å². The lowest BCUT2D eigenvalue weighted by atomic mass is 10.0. The first kappa shape index (κ1) is 15.1. The van der Waals surface area contributed by atoms with Crippen molar-refractivity contribution in [2.75, 3.05) is 6.54 Å². The van der Waals surface area contributed by atoms with Crippen molar-refractivity contribution in [2.45, 2.75) is 26.2 Å². The van der Waals surface area contributed by atoms with Crippen LogP contribution in [0.3, 0.4) is 0 Å². The van der Waals surface area contributed by atoms with E-state index in [1.54, 1.807) is 0 Å². The Labute approximate surface area is 111 Å². The minimum atomic E-state index is -0.899. The van der Waals surface area contributed by atoms with E-state index >= 15 is 0 Å². The molecule has 1 aromatic carbocycles. The molecule has 0 saturated carbocycles. The summed E-state index contributed by atoms with van der Waals surface area (Å²) < 4.78 is 12.7. The molecular formula is C14H18FNO3. The van der Waals surface area contributed by atoms with Gasteiger partial charge in [0.15, 0.2) is 0 Å². The lowest BCUT2D eigenvalue weighted by molar-refractivity contribution is -0.141. The lowest BCUT2D eigenvalue weighted by Gasteiger charge is -2.12. The van der Waals surface area contributed by atoms with Gasteiger partial charge in [-0.05, 0) is 24.1 Å². The molecule has 0 aliphatic heterocycles. The van der Waals surface area contributed by atoms with Gasteiger partial charge < -0.3 is 10.4 Å². The van der Waals surface area contributed by atoms with Crippen LogP contribution in [0.25, 0.3) is 0 Å². The van der Waals surface area contributed by atoms with E-state index in [0.717, 1.165) is 6.42 Å². The van der Waals surface area contributed by atoms with Crippen LogP contribution in [0.5, 0.6) is 0 Å². The van der Waals surface area contributed by atoms with E-state index in [9.17, 15) is 14.0 Å². The lowest BCUT2D eigenvalue weighted by Crippen LogP contribution is -2.33. The summed E-state index contributed by atoms with van der Waals surface area (Å²) in [7, 11) is 0. The predicted molar refractivity (Wildman–Crippen MR) is 69.1 cm³/mol. The van der Waals surface area contributed by atoms with Gasteiger partial charge in [-0.25, -0.2) is 4.39 Å². The average molecular weight is 267 g/mol. The minimum absolute atomic E-state index is 0.124. The molecule has 0 bridgehead atoms. The fourth-order valence-electron chi connectivity index (χ4n) is 1.75. The third kappa shape index (κ3) is 5.50. The van der Waals surface area contributed by atoms with Gasteiger partial charge in [-0.1, -0.05) is 25.5 Å². The Kier molecular flexibility index (Phi) is 5.99. The van der Waals surface area contributed by atoms with Crippen molar-refractivity contribution >= 4 is 11.9 Å². The first-order chi connectivity index (χ1) is 9.02. The Morgan fingerprint density at radius 3 is 2.47 bits per heavy atom. The van der Waals surface area contributed by atoms with Crippen molar-refractivity contribution in [3.63, 3.8) is 0 Å². The summed E-state index contributed by atoms with van der Waals surface area (Å²) in [6.45, 7) is 2.03. The second-order valence-corrected chi connectivity index (χ2v) is 4.43. The topological polar surface area (TPSA) is 66.4 Å². The molecule has 0 aliphatic carbocycles. The van der Waals surface area contributed by atoms with Crippen molar-refractivity contribution in [1.29, 1.82) is 0 Å². The SMILES string of the molecule is CCCC(CNC(=O)Cc1ccc(F)cc1)C(=O)O. The van der Waals surface area contributed by atoms with Crippen LogP contribution < -0.4 is 5.32 Å². The Morgan fingerprint density at radius 2 is 1.95 bits per heavy atom. The first-order valence-electron chi connectivity index (χ1n) is 6.27. The number of rotatable bonds is 7. The number of halogens is 1. The number of amides is 1. The molecule has 0 fully saturated rings. The monoisotopic (exact) mass is 267 g/mol. The highest BCUT2D eigenvalue weighted by Gasteiger charge is 2.17. The second-order valence-electron chi connectivity index (χ2n) is 4.43. The van der Waals surface area contributed by atoms with Crippen LogP contribution in [0.1, 0.15) is 25.3 Å². The number of aliphatic carboxylic acids is 1. The number of carboxylic acid groups (broad SMARTS) is 1. The number of hydrogen-bond acceptors (Lipinski definition) is 2. The molecule has 104 valence electrons. The molecule has 0 saturated heterocycles. The van der Waals surface area contributed by atoms with Gasteiger partial charge in [0.05, 0.1) is 12.3 Å². The van der Waals surface area contributed by atoms with E-state index in [2.05, 4.69) is 5.32 Å².